The SMILES string of the molecule is CC(N)Cc1ccc(OCc2ccc(Br)cc2)c(Br)c1. The topological polar surface area (TPSA) is 35.2 Å². The molecule has 0 heterocycles. The Kier molecular flexibility index (Phi) is 5.64. The molecule has 0 saturated carbocycles. The van der Waals surface area contributed by atoms with Crippen molar-refractivity contribution in [3.8, 4) is 5.75 Å². The van der Waals surface area contributed by atoms with Gasteiger partial charge in [0.15, 0.2) is 0 Å². The maximum Gasteiger partial charge on any atom is 0.134 e. The Morgan fingerprint density at radius 3 is 2.30 bits per heavy atom. The number of benzene rings is 2. The van der Waals surface area contributed by atoms with Crippen molar-refractivity contribution in [1.29, 1.82) is 0 Å². The minimum absolute atomic E-state index is 0.163. The van der Waals surface area contributed by atoms with Gasteiger partial charge in [-0.15, -0.1) is 0 Å². The normalized spacial score (nSPS) is 12.2. The van der Waals surface area contributed by atoms with E-state index in [0.717, 1.165) is 26.7 Å². The van der Waals surface area contributed by atoms with Crippen molar-refractivity contribution in [2.45, 2.75) is 26.0 Å². The third kappa shape index (κ3) is 4.62. The average Bonchev–Trinajstić information content (AvgIpc) is 2.39. The second kappa shape index (κ2) is 7.25. The summed E-state index contributed by atoms with van der Waals surface area (Å²) in [5, 5.41) is 0. The lowest BCUT2D eigenvalue weighted by molar-refractivity contribution is 0.304. The zero-order valence-electron chi connectivity index (χ0n) is 11.3. The molecule has 1 unspecified atom stereocenters. The number of hydrogen-bond donors (Lipinski definition) is 1. The van der Waals surface area contributed by atoms with E-state index in [2.05, 4.69) is 44.0 Å². The monoisotopic (exact) mass is 397 g/mol. The van der Waals surface area contributed by atoms with Crippen LogP contribution < -0.4 is 10.5 Å². The highest BCUT2D eigenvalue weighted by atomic mass is 79.9. The van der Waals surface area contributed by atoms with E-state index in [1.165, 1.54) is 5.56 Å². The molecule has 0 bridgehead atoms. The van der Waals surface area contributed by atoms with Gasteiger partial charge in [0.1, 0.15) is 12.4 Å². The summed E-state index contributed by atoms with van der Waals surface area (Å²) in [7, 11) is 0. The molecule has 106 valence electrons. The lowest BCUT2D eigenvalue weighted by Crippen LogP contribution is -2.17. The molecule has 0 aliphatic rings. The Morgan fingerprint density at radius 2 is 1.70 bits per heavy atom. The number of nitrogens with two attached hydrogens (primary N) is 1. The first kappa shape index (κ1) is 15.5. The van der Waals surface area contributed by atoms with Crippen LogP contribution in [0.15, 0.2) is 51.4 Å². The van der Waals surface area contributed by atoms with E-state index in [-0.39, 0.29) is 6.04 Å². The Bertz CT molecular complexity index is 567. The zero-order chi connectivity index (χ0) is 14.5. The Morgan fingerprint density at radius 1 is 1.05 bits per heavy atom. The van der Waals surface area contributed by atoms with Gasteiger partial charge in [-0.2, -0.15) is 0 Å². The molecule has 1 atom stereocenters. The van der Waals surface area contributed by atoms with Crippen molar-refractivity contribution in [1.82, 2.24) is 0 Å². The second-order valence-electron chi connectivity index (χ2n) is 4.86. The highest BCUT2D eigenvalue weighted by Crippen LogP contribution is 2.27. The molecule has 0 spiro atoms. The highest BCUT2D eigenvalue weighted by Gasteiger charge is 2.05. The molecule has 2 nitrogen and oxygen atoms in total. The van der Waals surface area contributed by atoms with Crippen LogP contribution in [0.2, 0.25) is 0 Å². The minimum Gasteiger partial charge on any atom is -0.488 e. The van der Waals surface area contributed by atoms with Crippen LogP contribution in [0.1, 0.15) is 18.1 Å². The summed E-state index contributed by atoms with van der Waals surface area (Å²) >= 11 is 6.97. The van der Waals surface area contributed by atoms with Gasteiger partial charge < -0.3 is 10.5 Å². The van der Waals surface area contributed by atoms with Crippen LogP contribution in [-0.4, -0.2) is 6.04 Å². The Balaban J connectivity index is 2.01. The Labute approximate surface area is 136 Å². The van der Waals surface area contributed by atoms with Crippen molar-refractivity contribution in [3.05, 3.63) is 62.5 Å². The molecule has 0 radical (unpaired) electrons. The maximum atomic E-state index is 5.83. The van der Waals surface area contributed by atoms with Crippen LogP contribution in [0.4, 0.5) is 0 Å². The molecule has 2 rings (SSSR count). The first-order valence-electron chi connectivity index (χ1n) is 6.46. The number of hydrogen-bond acceptors (Lipinski definition) is 2. The largest absolute Gasteiger partial charge is 0.488 e. The van der Waals surface area contributed by atoms with Gasteiger partial charge in [0.2, 0.25) is 0 Å². The Hall–Kier alpha value is -0.840. The van der Waals surface area contributed by atoms with Crippen LogP contribution in [0.5, 0.6) is 5.75 Å². The highest BCUT2D eigenvalue weighted by molar-refractivity contribution is 9.10. The molecule has 0 aromatic heterocycles. The molecule has 2 aromatic carbocycles. The molecule has 2 N–H and O–H groups in total. The fourth-order valence-electron chi connectivity index (χ4n) is 1.90. The van der Waals surface area contributed by atoms with Gasteiger partial charge in [0.05, 0.1) is 4.47 Å². The number of rotatable bonds is 5. The maximum absolute atomic E-state index is 5.83. The molecular weight excluding hydrogens is 382 g/mol. The first-order valence-corrected chi connectivity index (χ1v) is 8.04. The van der Waals surface area contributed by atoms with Gasteiger partial charge in [-0.3, -0.25) is 0 Å². The van der Waals surface area contributed by atoms with E-state index in [4.69, 9.17) is 10.5 Å². The summed E-state index contributed by atoms with van der Waals surface area (Å²) in [4.78, 5) is 0. The van der Waals surface area contributed by atoms with Gasteiger partial charge in [-0.1, -0.05) is 34.1 Å². The second-order valence-corrected chi connectivity index (χ2v) is 6.63. The predicted octanol–water partition coefficient (Wildman–Crippen LogP) is 4.68. The van der Waals surface area contributed by atoms with E-state index < -0.39 is 0 Å². The van der Waals surface area contributed by atoms with Crippen LogP contribution in [0.25, 0.3) is 0 Å². The van der Waals surface area contributed by atoms with E-state index in [9.17, 15) is 0 Å². The van der Waals surface area contributed by atoms with Crippen LogP contribution in [-0.2, 0) is 13.0 Å². The van der Waals surface area contributed by atoms with E-state index in [1.807, 2.05) is 37.3 Å². The van der Waals surface area contributed by atoms with E-state index in [0.29, 0.717) is 6.61 Å². The molecule has 0 amide bonds. The molecule has 0 fully saturated rings. The molecular formula is C16H17Br2NO. The average molecular weight is 399 g/mol. The molecule has 4 heteroatoms. The standard InChI is InChI=1S/C16H17Br2NO/c1-11(19)8-13-4-7-16(15(18)9-13)20-10-12-2-5-14(17)6-3-12/h2-7,9,11H,8,10,19H2,1H3. The van der Waals surface area contributed by atoms with Crippen LogP contribution in [0, 0.1) is 0 Å². The van der Waals surface area contributed by atoms with E-state index >= 15 is 0 Å². The van der Waals surface area contributed by atoms with Crippen molar-refractivity contribution in [3.63, 3.8) is 0 Å². The smallest absolute Gasteiger partial charge is 0.134 e. The summed E-state index contributed by atoms with van der Waals surface area (Å²) in [5.74, 6) is 0.848. The molecule has 20 heavy (non-hydrogen) atoms. The fraction of sp³-hybridized carbons (Fsp3) is 0.250. The van der Waals surface area contributed by atoms with E-state index in [1.54, 1.807) is 0 Å². The fourth-order valence-corrected chi connectivity index (χ4v) is 2.71. The van der Waals surface area contributed by atoms with Gasteiger partial charge in [0.25, 0.3) is 0 Å². The zero-order valence-corrected chi connectivity index (χ0v) is 14.4. The molecule has 0 aliphatic heterocycles. The van der Waals surface area contributed by atoms with Crippen molar-refractivity contribution >= 4 is 31.9 Å². The lowest BCUT2D eigenvalue weighted by atomic mass is 10.1. The summed E-state index contributed by atoms with van der Waals surface area (Å²) in [6.45, 7) is 2.56. The van der Waals surface area contributed by atoms with Crippen LogP contribution in [0.3, 0.4) is 0 Å². The summed E-state index contributed by atoms with van der Waals surface area (Å²) < 4.78 is 7.87. The first-order chi connectivity index (χ1) is 9.54. The summed E-state index contributed by atoms with van der Waals surface area (Å²) in [5.41, 5.74) is 8.16. The number of ether oxygens (including phenoxy) is 1. The third-order valence-electron chi connectivity index (χ3n) is 2.86. The van der Waals surface area contributed by atoms with Gasteiger partial charge in [-0.05, 0) is 64.7 Å². The van der Waals surface area contributed by atoms with Gasteiger partial charge in [-0.25, -0.2) is 0 Å². The molecule has 2 aromatic rings. The summed E-state index contributed by atoms with van der Waals surface area (Å²) in [6, 6.07) is 14.4. The van der Waals surface area contributed by atoms with Crippen LogP contribution >= 0.6 is 31.9 Å². The molecule has 0 aliphatic carbocycles. The van der Waals surface area contributed by atoms with Crippen molar-refractivity contribution in [2.75, 3.05) is 0 Å². The van der Waals surface area contributed by atoms with Gasteiger partial charge >= 0.3 is 0 Å². The molecule has 0 saturated heterocycles. The van der Waals surface area contributed by atoms with Crippen molar-refractivity contribution in [2.24, 2.45) is 5.73 Å². The summed E-state index contributed by atoms with van der Waals surface area (Å²) in [6.07, 6.45) is 0.867. The van der Waals surface area contributed by atoms with Crippen molar-refractivity contribution < 1.29 is 4.74 Å². The third-order valence-corrected chi connectivity index (χ3v) is 4.01. The van der Waals surface area contributed by atoms with Gasteiger partial charge in [0, 0.05) is 10.5 Å². The predicted molar refractivity (Wildman–Crippen MR) is 90.0 cm³/mol. The lowest BCUT2D eigenvalue weighted by Gasteiger charge is -2.11. The number of halogens is 2. The minimum atomic E-state index is 0.163. The quantitative estimate of drug-likeness (QED) is 0.793.